The van der Waals surface area contributed by atoms with Crippen molar-refractivity contribution in [1.82, 2.24) is 14.9 Å². The first-order valence-electron chi connectivity index (χ1n) is 6.24. The number of carbonyl (C=O) groups is 2. The normalized spacial score (nSPS) is 10.4. The summed E-state index contributed by atoms with van der Waals surface area (Å²) in [5.74, 6) is -0.573. The number of nitrogens with zero attached hydrogens (tertiary/aromatic N) is 3. The van der Waals surface area contributed by atoms with Gasteiger partial charge < -0.3 is 14.4 Å². The number of rotatable bonds is 4. The SMILES string of the molecule is Cc1ncncc1C(=O)N(C)Cc1cc(C(=O)O)c(C)o1. The number of hydrogen-bond acceptors (Lipinski definition) is 5. The second-order valence-corrected chi connectivity index (χ2v) is 4.67. The Morgan fingerprint density at radius 2 is 2.05 bits per heavy atom. The van der Waals surface area contributed by atoms with Crippen molar-refractivity contribution in [2.45, 2.75) is 20.4 Å². The molecule has 2 aromatic rings. The molecule has 2 rings (SSSR count). The lowest BCUT2D eigenvalue weighted by molar-refractivity contribution is 0.0694. The van der Waals surface area contributed by atoms with Crippen LogP contribution in [0.15, 0.2) is 23.0 Å². The fraction of sp³-hybridized carbons (Fsp3) is 0.286. The molecule has 7 nitrogen and oxygen atoms in total. The van der Waals surface area contributed by atoms with Gasteiger partial charge in [0.25, 0.3) is 5.91 Å². The molecule has 0 aliphatic rings. The van der Waals surface area contributed by atoms with E-state index in [1.165, 1.54) is 23.5 Å². The first kappa shape index (κ1) is 14.7. The van der Waals surface area contributed by atoms with Crippen LogP contribution in [0.3, 0.4) is 0 Å². The molecule has 0 fully saturated rings. The van der Waals surface area contributed by atoms with Crippen molar-refractivity contribution < 1.29 is 19.1 Å². The average molecular weight is 289 g/mol. The molecule has 2 heterocycles. The molecule has 0 saturated heterocycles. The van der Waals surface area contributed by atoms with Crippen LogP contribution < -0.4 is 0 Å². The molecule has 0 bridgehead atoms. The minimum Gasteiger partial charge on any atom is -0.478 e. The number of carbonyl (C=O) groups excluding carboxylic acids is 1. The smallest absolute Gasteiger partial charge is 0.339 e. The Morgan fingerprint density at radius 1 is 1.33 bits per heavy atom. The summed E-state index contributed by atoms with van der Waals surface area (Å²) in [7, 11) is 1.60. The summed E-state index contributed by atoms with van der Waals surface area (Å²) < 4.78 is 5.36. The van der Waals surface area contributed by atoms with Gasteiger partial charge in [0.05, 0.1) is 17.8 Å². The Hall–Kier alpha value is -2.70. The van der Waals surface area contributed by atoms with Crippen LogP contribution in [0.1, 0.15) is 37.9 Å². The molecule has 1 amide bonds. The molecule has 1 N–H and O–H groups in total. The Bertz CT molecular complexity index is 693. The zero-order chi connectivity index (χ0) is 15.6. The zero-order valence-corrected chi connectivity index (χ0v) is 12.0. The predicted molar refractivity (Wildman–Crippen MR) is 73.0 cm³/mol. The van der Waals surface area contributed by atoms with Gasteiger partial charge in [-0.2, -0.15) is 0 Å². The van der Waals surface area contributed by atoms with Gasteiger partial charge in [-0.3, -0.25) is 4.79 Å². The molecule has 0 aromatic carbocycles. The fourth-order valence-electron chi connectivity index (χ4n) is 1.95. The lowest BCUT2D eigenvalue weighted by atomic mass is 10.2. The van der Waals surface area contributed by atoms with E-state index in [1.807, 2.05) is 0 Å². The van der Waals surface area contributed by atoms with Crippen LogP contribution in [0.25, 0.3) is 0 Å². The predicted octanol–water partition coefficient (Wildman–Crippen LogP) is 1.66. The van der Waals surface area contributed by atoms with Gasteiger partial charge in [0.1, 0.15) is 23.4 Å². The van der Waals surface area contributed by atoms with Crippen LogP contribution in [-0.4, -0.2) is 38.9 Å². The van der Waals surface area contributed by atoms with Crippen molar-refractivity contribution in [1.29, 1.82) is 0 Å². The number of aromatic nitrogens is 2. The molecule has 110 valence electrons. The van der Waals surface area contributed by atoms with E-state index in [-0.39, 0.29) is 18.0 Å². The molecule has 0 radical (unpaired) electrons. The van der Waals surface area contributed by atoms with Crippen molar-refractivity contribution in [2.75, 3.05) is 7.05 Å². The number of aromatic carboxylic acids is 1. The summed E-state index contributed by atoms with van der Waals surface area (Å²) in [6.07, 6.45) is 2.83. The maximum absolute atomic E-state index is 12.3. The standard InChI is InChI=1S/C14H15N3O4/c1-8-12(5-15-7-16-8)13(18)17(3)6-10-4-11(14(19)20)9(2)21-10/h4-5,7H,6H2,1-3H3,(H,19,20). The number of carboxylic acid groups (broad SMARTS) is 1. The third-order valence-electron chi connectivity index (χ3n) is 3.08. The van der Waals surface area contributed by atoms with Crippen molar-refractivity contribution in [3.63, 3.8) is 0 Å². The lowest BCUT2D eigenvalue weighted by Gasteiger charge is -2.16. The van der Waals surface area contributed by atoms with E-state index in [2.05, 4.69) is 9.97 Å². The Morgan fingerprint density at radius 3 is 2.62 bits per heavy atom. The van der Waals surface area contributed by atoms with Crippen LogP contribution in [0, 0.1) is 13.8 Å². The second kappa shape index (κ2) is 5.74. The van der Waals surface area contributed by atoms with Crippen LogP contribution in [0.2, 0.25) is 0 Å². The van der Waals surface area contributed by atoms with E-state index < -0.39 is 5.97 Å². The third kappa shape index (κ3) is 3.07. The van der Waals surface area contributed by atoms with Crippen molar-refractivity contribution in [3.05, 3.63) is 46.9 Å². The fourth-order valence-corrected chi connectivity index (χ4v) is 1.95. The third-order valence-corrected chi connectivity index (χ3v) is 3.08. The van der Waals surface area contributed by atoms with E-state index in [0.29, 0.717) is 22.8 Å². The van der Waals surface area contributed by atoms with Crippen molar-refractivity contribution in [3.8, 4) is 0 Å². The van der Waals surface area contributed by atoms with E-state index in [4.69, 9.17) is 9.52 Å². The molecule has 21 heavy (non-hydrogen) atoms. The molecule has 0 aliphatic heterocycles. The minimum atomic E-state index is -1.05. The summed E-state index contributed by atoms with van der Waals surface area (Å²) in [6, 6.07) is 1.43. The number of carboxylic acids is 1. The maximum atomic E-state index is 12.3. The number of aryl methyl sites for hydroxylation is 2. The van der Waals surface area contributed by atoms with Crippen LogP contribution in [0.5, 0.6) is 0 Å². The highest BCUT2D eigenvalue weighted by Gasteiger charge is 2.19. The summed E-state index contributed by atoms with van der Waals surface area (Å²) in [5.41, 5.74) is 1.09. The molecule has 0 spiro atoms. The zero-order valence-electron chi connectivity index (χ0n) is 12.0. The molecule has 0 atom stereocenters. The van der Waals surface area contributed by atoms with Gasteiger partial charge in [-0.25, -0.2) is 14.8 Å². The molecular weight excluding hydrogens is 274 g/mol. The van der Waals surface area contributed by atoms with E-state index in [1.54, 1.807) is 20.9 Å². The molecular formula is C14H15N3O4. The Balaban J connectivity index is 2.16. The Labute approximate surface area is 121 Å². The highest BCUT2D eigenvalue weighted by atomic mass is 16.4. The summed E-state index contributed by atoms with van der Waals surface area (Å²) >= 11 is 0. The van der Waals surface area contributed by atoms with Crippen molar-refractivity contribution in [2.24, 2.45) is 0 Å². The maximum Gasteiger partial charge on any atom is 0.339 e. The molecule has 2 aromatic heterocycles. The van der Waals surface area contributed by atoms with Gasteiger partial charge in [-0.15, -0.1) is 0 Å². The molecule has 0 aliphatic carbocycles. The summed E-state index contributed by atoms with van der Waals surface area (Å²) in [5, 5.41) is 8.98. The van der Waals surface area contributed by atoms with Gasteiger partial charge in [-0.05, 0) is 19.9 Å². The van der Waals surface area contributed by atoms with Gasteiger partial charge in [0, 0.05) is 13.2 Å². The second-order valence-electron chi connectivity index (χ2n) is 4.67. The van der Waals surface area contributed by atoms with Crippen LogP contribution >= 0.6 is 0 Å². The Kier molecular flexibility index (Phi) is 4.02. The van der Waals surface area contributed by atoms with E-state index in [9.17, 15) is 9.59 Å². The number of amides is 1. The molecule has 7 heteroatoms. The minimum absolute atomic E-state index is 0.102. The van der Waals surface area contributed by atoms with Gasteiger partial charge >= 0.3 is 5.97 Å². The topological polar surface area (TPSA) is 96.5 Å². The van der Waals surface area contributed by atoms with Crippen LogP contribution in [0.4, 0.5) is 0 Å². The first-order chi connectivity index (χ1) is 9.90. The largest absolute Gasteiger partial charge is 0.478 e. The van der Waals surface area contributed by atoms with Crippen LogP contribution in [-0.2, 0) is 6.54 Å². The van der Waals surface area contributed by atoms with Crippen molar-refractivity contribution >= 4 is 11.9 Å². The first-order valence-corrected chi connectivity index (χ1v) is 6.24. The van der Waals surface area contributed by atoms with Gasteiger partial charge in [-0.1, -0.05) is 0 Å². The van der Waals surface area contributed by atoms with Gasteiger partial charge in [0.15, 0.2) is 0 Å². The molecule has 0 unspecified atom stereocenters. The van der Waals surface area contributed by atoms with E-state index >= 15 is 0 Å². The highest BCUT2D eigenvalue weighted by molar-refractivity contribution is 5.94. The summed E-state index contributed by atoms with van der Waals surface area (Å²) in [6.45, 7) is 3.47. The lowest BCUT2D eigenvalue weighted by Crippen LogP contribution is -2.27. The quantitative estimate of drug-likeness (QED) is 0.919. The highest BCUT2D eigenvalue weighted by Crippen LogP contribution is 2.17. The monoisotopic (exact) mass is 289 g/mol. The molecule has 0 saturated carbocycles. The average Bonchev–Trinajstić information content (AvgIpc) is 2.79. The van der Waals surface area contributed by atoms with Gasteiger partial charge in [0.2, 0.25) is 0 Å². The number of hydrogen-bond donors (Lipinski definition) is 1. The summed E-state index contributed by atoms with van der Waals surface area (Å²) in [4.78, 5) is 32.5. The van der Waals surface area contributed by atoms with E-state index in [0.717, 1.165) is 0 Å². The number of furan rings is 1.